The quantitative estimate of drug-likeness (QED) is 0.487. The van der Waals surface area contributed by atoms with Crippen molar-refractivity contribution in [1.29, 1.82) is 0 Å². The molecule has 1 saturated heterocycles. The van der Waals surface area contributed by atoms with Gasteiger partial charge in [-0.05, 0) is 69.7 Å². The number of benzene rings is 2. The van der Waals surface area contributed by atoms with Crippen LogP contribution in [-0.4, -0.2) is 47.9 Å². The van der Waals surface area contributed by atoms with Crippen LogP contribution < -0.4 is 14.2 Å². The molecule has 0 unspecified atom stereocenters. The normalized spacial score (nSPS) is 15.7. The molecule has 0 spiro atoms. The van der Waals surface area contributed by atoms with Crippen LogP contribution in [0.4, 0.5) is 10.1 Å². The number of aryl methyl sites for hydroxylation is 1. The largest absolute Gasteiger partial charge is 0.493 e. The summed E-state index contributed by atoms with van der Waals surface area (Å²) in [7, 11) is -7.89. The summed E-state index contributed by atoms with van der Waals surface area (Å²) >= 11 is 0. The Labute approximate surface area is 207 Å². The molecule has 0 amide bonds. The number of halogens is 1. The van der Waals surface area contributed by atoms with Crippen LogP contribution in [0, 0.1) is 11.7 Å². The lowest BCUT2D eigenvalue weighted by molar-refractivity contribution is 0.0496. The Kier molecular flexibility index (Phi) is 8.79. The second kappa shape index (κ2) is 11.2. The van der Waals surface area contributed by atoms with E-state index in [1.807, 2.05) is 0 Å². The average molecular weight is 529 g/mol. The second-order valence-corrected chi connectivity index (χ2v) is 13.1. The molecule has 0 aliphatic carbocycles. The zero-order chi connectivity index (χ0) is 25.7. The highest BCUT2D eigenvalue weighted by Crippen LogP contribution is 2.26. The van der Waals surface area contributed by atoms with Crippen LogP contribution >= 0.6 is 0 Å². The molecule has 1 heterocycles. The van der Waals surface area contributed by atoms with Crippen LogP contribution in [0.2, 0.25) is 0 Å². The Bertz CT molecular complexity index is 1220. The minimum atomic E-state index is -3.97. The fraction of sp³-hybridized carbons (Fsp3) is 0.500. The first kappa shape index (κ1) is 27.4. The molecular weight excluding hydrogens is 495 g/mol. The topological polar surface area (TPSA) is 111 Å². The van der Waals surface area contributed by atoms with Gasteiger partial charge in [0.2, 0.25) is 20.0 Å². The van der Waals surface area contributed by atoms with Crippen LogP contribution in [0.25, 0.3) is 0 Å². The maximum Gasteiger partial charge on any atom is 0.243 e. The number of anilines is 1. The molecule has 2 aromatic rings. The van der Waals surface area contributed by atoms with E-state index < -0.39 is 31.4 Å². The van der Waals surface area contributed by atoms with E-state index in [0.717, 1.165) is 12.8 Å². The molecule has 0 saturated carbocycles. The predicted molar refractivity (Wildman–Crippen MR) is 133 cm³/mol. The molecule has 3 rings (SSSR count). The van der Waals surface area contributed by atoms with Gasteiger partial charge in [-0.25, -0.2) is 25.9 Å². The third-order valence-corrected chi connectivity index (χ3v) is 8.46. The first-order chi connectivity index (χ1) is 16.3. The van der Waals surface area contributed by atoms with Crippen molar-refractivity contribution >= 4 is 25.7 Å². The molecule has 0 bridgehead atoms. The number of sulfonamides is 2. The van der Waals surface area contributed by atoms with Gasteiger partial charge in [-0.15, -0.1) is 0 Å². The number of hydrogen-bond acceptors (Lipinski definition) is 6. The minimum Gasteiger partial charge on any atom is -0.493 e. The number of ether oxygens (including phenoxy) is 2. The molecule has 1 aliphatic heterocycles. The molecule has 2 N–H and O–H groups in total. The number of rotatable bonds is 10. The number of nitrogens with one attached hydrogen (secondary N) is 2. The lowest BCUT2D eigenvalue weighted by Crippen LogP contribution is -2.40. The van der Waals surface area contributed by atoms with Crippen molar-refractivity contribution in [3.05, 3.63) is 53.8 Å². The third-order valence-electron chi connectivity index (χ3n) is 5.37. The van der Waals surface area contributed by atoms with Crippen molar-refractivity contribution in [2.24, 2.45) is 5.92 Å². The van der Waals surface area contributed by atoms with Gasteiger partial charge in [0.1, 0.15) is 16.5 Å². The standard InChI is InChI=1S/C24H33FN2O6S2/c1-24(2,3)27-35(30,31)23-7-5-4-6-21(23)26-34(28,29)15-12-19-8-9-20(25)16-22(19)33-17-18-10-13-32-14-11-18/h4-9,16,18,26-27H,10-15,17H2,1-3H3. The number of para-hydroxylation sites is 1. The van der Waals surface area contributed by atoms with E-state index >= 15 is 0 Å². The molecule has 2 aromatic carbocycles. The van der Waals surface area contributed by atoms with Crippen LogP contribution in [0.15, 0.2) is 47.4 Å². The summed E-state index contributed by atoms with van der Waals surface area (Å²) in [5, 5.41) is 0. The van der Waals surface area contributed by atoms with E-state index in [-0.39, 0.29) is 22.8 Å². The van der Waals surface area contributed by atoms with Crippen molar-refractivity contribution < 1.29 is 30.7 Å². The van der Waals surface area contributed by atoms with Gasteiger partial charge in [-0.2, -0.15) is 0 Å². The third kappa shape index (κ3) is 8.45. The second-order valence-electron chi connectivity index (χ2n) is 9.64. The molecule has 11 heteroatoms. The molecule has 0 atom stereocenters. The highest BCUT2D eigenvalue weighted by Gasteiger charge is 2.26. The first-order valence-corrected chi connectivity index (χ1v) is 14.6. The summed E-state index contributed by atoms with van der Waals surface area (Å²) < 4.78 is 81.3. The van der Waals surface area contributed by atoms with Gasteiger partial charge in [-0.3, -0.25) is 4.72 Å². The lowest BCUT2D eigenvalue weighted by atomic mass is 10.0. The summed E-state index contributed by atoms with van der Waals surface area (Å²) in [5.41, 5.74) is -0.229. The Hall–Kier alpha value is -2.21. The maximum atomic E-state index is 13.9. The zero-order valence-electron chi connectivity index (χ0n) is 20.2. The highest BCUT2D eigenvalue weighted by molar-refractivity contribution is 7.93. The van der Waals surface area contributed by atoms with E-state index in [4.69, 9.17) is 9.47 Å². The molecular formula is C24H33FN2O6S2. The summed E-state index contributed by atoms with van der Waals surface area (Å²) in [4.78, 5) is -0.166. The monoisotopic (exact) mass is 528 g/mol. The van der Waals surface area contributed by atoms with Crippen LogP contribution in [-0.2, 0) is 31.2 Å². The highest BCUT2D eigenvalue weighted by atomic mass is 32.2. The van der Waals surface area contributed by atoms with E-state index in [2.05, 4.69) is 9.44 Å². The maximum absolute atomic E-state index is 13.9. The summed E-state index contributed by atoms with van der Waals surface area (Å²) in [6.45, 7) is 6.81. The Balaban J connectivity index is 1.71. The molecule has 1 fully saturated rings. The van der Waals surface area contributed by atoms with E-state index in [9.17, 15) is 21.2 Å². The first-order valence-electron chi connectivity index (χ1n) is 11.5. The molecule has 0 aromatic heterocycles. The fourth-order valence-corrected chi connectivity index (χ4v) is 6.45. The van der Waals surface area contributed by atoms with Crippen molar-refractivity contribution in [3.63, 3.8) is 0 Å². The Morgan fingerprint density at radius 3 is 2.43 bits per heavy atom. The Morgan fingerprint density at radius 2 is 1.74 bits per heavy atom. The van der Waals surface area contributed by atoms with Crippen LogP contribution in [0.1, 0.15) is 39.2 Å². The number of hydrogen-bond donors (Lipinski definition) is 2. The van der Waals surface area contributed by atoms with Gasteiger partial charge >= 0.3 is 0 Å². The molecule has 0 radical (unpaired) electrons. The summed E-state index contributed by atoms with van der Waals surface area (Å²) in [6.07, 6.45) is 1.78. The van der Waals surface area contributed by atoms with Crippen molar-refractivity contribution in [2.75, 3.05) is 30.3 Å². The van der Waals surface area contributed by atoms with Crippen LogP contribution in [0.3, 0.4) is 0 Å². The van der Waals surface area contributed by atoms with Gasteiger partial charge in [0.25, 0.3) is 0 Å². The van der Waals surface area contributed by atoms with E-state index in [0.29, 0.717) is 37.1 Å². The van der Waals surface area contributed by atoms with Crippen molar-refractivity contribution in [2.45, 2.75) is 50.5 Å². The SMILES string of the molecule is CC(C)(C)NS(=O)(=O)c1ccccc1NS(=O)(=O)CCc1ccc(F)cc1OCC1CCOCC1. The molecule has 1 aliphatic rings. The van der Waals surface area contributed by atoms with Gasteiger partial charge < -0.3 is 9.47 Å². The Morgan fingerprint density at radius 1 is 1.06 bits per heavy atom. The van der Waals surface area contributed by atoms with Gasteiger partial charge in [-0.1, -0.05) is 18.2 Å². The predicted octanol–water partition coefficient (Wildman–Crippen LogP) is 3.69. The fourth-order valence-electron chi connectivity index (χ4n) is 3.70. The van der Waals surface area contributed by atoms with Gasteiger partial charge in [0, 0.05) is 24.8 Å². The van der Waals surface area contributed by atoms with Crippen molar-refractivity contribution in [1.82, 2.24) is 4.72 Å². The van der Waals surface area contributed by atoms with Crippen molar-refractivity contribution in [3.8, 4) is 5.75 Å². The summed E-state index contributed by atoms with van der Waals surface area (Å²) in [5.74, 6) is -0.204. The smallest absolute Gasteiger partial charge is 0.243 e. The summed E-state index contributed by atoms with van der Waals surface area (Å²) in [6, 6.07) is 9.84. The van der Waals surface area contributed by atoms with Crippen LogP contribution in [0.5, 0.6) is 5.75 Å². The van der Waals surface area contributed by atoms with E-state index in [1.165, 1.54) is 36.4 Å². The lowest BCUT2D eigenvalue weighted by Gasteiger charge is -2.23. The minimum absolute atomic E-state index is 0.0423. The molecule has 194 valence electrons. The zero-order valence-corrected chi connectivity index (χ0v) is 21.8. The van der Waals surface area contributed by atoms with Gasteiger partial charge in [0.05, 0.1) is 18.0 Å². The average Bonchev–Trinajstić information content (AvgIpc) is 2.76. The van der Waals surface area contributed by atoms with Gasteiger partial charge in [0.15, 0.2) is 0 Å². The molecule has 8 nitrogen and oxygen atoms in total. The molecule has 35 heavy (non-hydrogen) atoms. The van der Waals surface area contributed by atoms with E-state index in [1.54, 1.807) is 26.8 Å².